The van der Waals surface area contributed by atoms with E-state index in [0.29, 0.717) is 29.8 Å². The molecule has 1 fully saturated rings. The largest absolute Gasteiger partial charge is 0.326 e. The zero-order chi connectivity index (χ0) is 22.6. The van der Waals surface area contributed by atoms with Crippen LogP contribution in [0, 0.1) is 13.8 Å². The van der Waals surface area contributed by atoms with Crippen molar-refractivity contribution in [2.75, 3.05) is 15.8 Å². The molecule has 0 radical (unpaired) electrons. The van der Waals surface area contributed by atoms with Crippen LogP contribution < -0.4 is 10.0 Å². The highest BCUT2D eigenvalue weighted by Crippen LogP contribution is 2.26. The second kappa shape index (κ2) is 9.40. The summed E-state index contributed by atoms with van der Waals surface area (Å²) in [6.07, 6.45) is 2.99. The van der Waals surface area contributed by atoms with Gasteiger partial charge in [-0.05, 0) is 62.1 Å². The molecule has 2 aromatic carbocycles. The van der Waals surface area contributed by atoms with E-state index in [1.54, 1.807) is 37.3 Å². The summed E-state index contributed by atoms with van der Waals surface area (Å²) < 4.78 is 53.0. The Morgan fingerprint density at radius 1 is 0.968 bits per heavy atom. The minimum absolute atomic E-state index is 0.0467. The van der Waals surface area contributed by atoms with Gasteiger partial charge < -0.3 is 5.32 Å². The van der Waals surface area contributed by atoms with Gasteiger partial charge in [0.1, 0.15) is 0 Å². The normalized spacial score (nSPS) is 15.0. The number of hydrogen-bond acceptors (Lipinski definition) is 5. The van der Waals surface area contributed by atoms with E-state index in [4.69, 9.17) is 0 Å². The molecule has 1 amide bonds. The van der Waals surface area contributed by atoms with Crippen molar-refractivity contribution >= 4 is 37.1 Å². The molecule has 2 N–H and O–H groups in total. The molecular formula is C22H28N2O5S2. The number of sulfone groups is 1. The molecule has 1 aliphatic rings. The molecule has 2 aromatic rings. The van der Waals surface area contributed by atoms with E-state index >= 15 is 0 Å². The predicted molar refractivity (Wildman–Crippen MR) is 122 cm³/mol. The number of benzene rings is 2. The van der Waals surface area contributed by atoms with Crippen LogP contribution in [0.3, 0.4) is 0 Å². The van der Waals surface area contributed by atoms with Crippen molar-refractivity contribution in [3.8, 4) is 0 Å². The van der Waals surface area contributed by atoms with Gasteiger partial charge in [-0.15, -0.1) is 0 Å². The first-order valence-electron chi connectivity index (χ1n) is 10.3. The Bertz CT molecular complexity index is 1170. The summed E-state index contributed by atoms with van der Waals surface area (Å²) in [7, 11) is -7.15. The molecular weight excluding hydrogens is 436 g/mol. The maximum atomic E-state index is 12.9. The molecule has 0 unspecified atom stereocenters. The number of carbonyl (C=O) groups excluding carboxylic acids is 1. The maximum Gasteiger partial charge on any atom is 0.262 e. The first-order valence-corrected chi connectivity index (χ1v) is 13.5. The van der Waals surface area contributed by atoms with Crippen LogP contribution in [0.25, 0.3) is 0 Å². The topological polar surface area (TPSA) is 109 Å². The van der Waals surface area contributed by atoms with E-state index in [9.17, 15) is 21.6 Å². The highest BCUT2D eigenvalue weighted by atomic mass is 32.2. The van der Waals surface area contributed by atoms with E-state index in [1.807, 2.05) is 13.0 Å². The lowest BCUT2D eigenvalue weighted by Gasteiger charge is -2.14. The lowest BCUT2D eigenvalue weighted by atomic mass is 10.2. The molecule has 3 rings (SSSR count). The van der Waals surface area contributed by atoms with Crippen LogP contribution in [0.5, 0.6) is 0 Å². The van der Waals surface area contributed by atoms with Gasteiger partial charge in [0.05, 0.1) is 15.9 Å². The average molecular weight is 465 g/mol. The van der Waals surface area contributed by atoms with E-state index in [-0.39, 0.29) is 22.3 Å². The minimum atomic E-state index is -3.86. The van der Waals surface area contributed by atoms with Gasteiger partial charge in [-0.1, -0.05) is 31.0 Å². The van der Waals surface area contributed by atoms with Crippen molar-refractivity contribution in [1.29, 1.82) is 0 Å². The molecule has 0 bridgehead atoms. The van der Waals surface area contributed by atoms with Crippen LogP contribution >= 0.6 is 0 Å². The maximum absolute atomic E-state index is 12.9. The highest BCUT2D eigenvalue weighted by molar-refractivity contribution is 7.92. The van der Waals surface area contributed by atoms with Gasteiger partial charge in [0, 0.05) is 17.8 Å². The van der Waals surface area contributed by atoms with Crippen LogP contribution in [0.15, 0.2) is 47.4 Å². The monoisotopic (exact) mass is 464 g/mol. The SMILES string of the molecule is Cc1cccc(NS(=O)(=O)c2cc(NC(=O)CCS(=O)(=O)C3CCCC3)ccc2C)c1. The summed E-state index contributed by atoms with van der Waals surface area (Å²) in [6.45, 7) is 3.54. The van der Waals surface area contributed by atoms with E-state index < -0.39 is 25.8 Å². The Morgan fingerprint density at radius 3 is 2.35 bits per heavy atom. The summed E-state index contributed by atoms with van der Waals surface area (Å²) in [4.78, 5) is 12.4. The lowest BCUT2D eigenvalue weighted by molar-refractivity contribution is -0.115. The molecule has 0 saturated heterocycles. The number of aryl methyl sites for hydroxylation is 2. The van der Waals surface area contributed by atoms with Gasteiger partial charge in [0.15, 0.2) is 9.84 Å². The van der Waals surface area contributed by atoms with Crippen molar-refractivity contribution < 1.29 is 21.6 Å². The molecule has 31 heavy (non-hydrogen) atoms. The number of sulfonamides is 1. The molecule has 9 heteroatoms. The fourth-order valence-corrected chi connectivity index (χ4v) is 6.93. The van der Waals surface area contributed by atoms with E-state index in [0.717, 1.165) is 18.4 Å². The van der Waals surface area contributed by atoms with Crippen molar-refractivity contribution in [2.45, 2.75) is 56.1 Å². The summed E-state index contributed by atoms with van der Waals surface area (Å²) in [5.41, 5.74) is 2.21. The van der Waals surface area contributed by atoms with Gasteiger partial charge in [-0.25, -0.2) is 16.8 Å². The molecule has 168 valence electrons. The Labute approximate surface area is 184 Å². The van der Waals surface area contributed by atoms with Gasteiger partial charge in [-0.3, -0.25) is 9.52 Å². The number of carbonyl (C=O) groups is 1. The van der Waals surface area contributed by atoms with Gasteiger partial charge >= 0.3 is 0 Å². The molecule has 0 atom stereocenters. The van der Waals surface area contributed by atoms with Crippen LogP contribution in [0.1, 0.15) is 43.2 Å². The van der Waals surface area contributed by atoms with Crippen molar-refractivity contribution in [1.82, 2.24) is 0 Å². The molecule has 7 nitrogen and oxygen atoms in total. The second-order valence-electron chi connectivity index (χ2n) is 8.03. The molecule has 0 heterocycles. The zero-order valence-corrected chi connectivity index (χ0v) is 19.4. The molecule has 0 aliphatic heterocycles. The standard InChI is InChI=1S/C22H28N2O5S2/c1-16-6-5-7-19(14-16)24-31(28,29)21-15-18(11-10-17(21)2)23-22(25)12-13-30(26,27)20-8-3-4-9-20/h5-7,10-11,14-15,20,24H,3-4,8-9,12-13H2,1-2H3,(H,23,25). The quantitative estimate of drug-likeness (QED) is 0.618. The van der Waals surface area contributed by atoms with E-state index in [2.05, 4.69) is 10.0 Å². The Balaban J connectivity index is 1.69. The summed E-state index contributed by atoms with van der Waals surface area (Å²) >= 11 is 0. The van der Waals surface area contributed by atoms with Crippen molar-refractivity contribution in [2.24, 2.45) is 0 Å². The zero-order valence-electron chi connectivity index (χ0n) is 17.7. The summed E-state index contributed by atoms with van der Waals surface area (Å²) in [5, 5.41) is 2.28. The lowest BCUT2D eigenvalue weighted by Crippen LogP contribution is -2.24. The van der Waals surface area contributed by atoms with Crippen molar-refractivity contribution in [3.63, 3.8) is 0 Å². The Morgan fingerprint density at radius 2 is 1.68 bits per heavy atom. The number of rotatable bonds is 8. The number of anilines is 2. The molecule has 1 saturated carbocycles. The van der Waals surface area contributed by atoms with Crippen LogP contribution in [-0.4, -0.2) is 33.7 Å². The first-order chi connectivity index (χ1) is 14.6. The van der Waals surface area contributed by atoms with Crippen LogP contribution in [-0.2, 0) is 24.7 Å². The number of amides is 1. The van der Waals surface area contributed by atoms with Gasteiger partial charge in [0.2, 0.25) is 5.91 Å². The first kappa shape index (κ1) is 23.3. The minimum Gasteiger partial charge on any atom is -0.326 e. The fraction of sp³-hybridized carbons (Fsp3) is 0.409. The van der Waals surface area contributed by atoms with Gasteiger partial charge in [0.25, 0.3) is 10.0 Å². The van der Waals surface area contributed by atoms with Gasteiger partial charge in [-0.2, -0.15) is 0 Å². The van der Waals surface area contributed by atoms with Crippen molar-refractivity contribution in [3.05, 3.63) is 53.6 Å². The third-order valence-corrected chi connectivity index (χ3v) is 9.24. The third-order valence-electron chi connectivity index (χ3n) is 5.46. The predicted octanol–water partition coefficient (Wildman–Crippen LogP) is 3.79. The fourth-order valence-electron chi connectivity index (χ4n) is 3.76. The summed E-state index contributed by atoms with van der Waals surface area (Å²) in [6, 6.07) is 11.6. The second-order valence-corrected chi connectivity index (χ2v) is 12.1. The smallest absolute Gasteiger partial charge is 0.262 e. The Kier molecular flexibility index (Phi) is 7.06. The van der Waals surface area contributed by atoms with E-state index in [1.165, 1.54) is 6.07 Å². The highest BCUT2D eigenvalue weighted by Gasteiger charge is 2.29. The molecule has 0 spiro atoms. The Hall–Kier alpha value is -2.39. The molecule has 1 aliphatic carbocycles. The number of hydrogen-bond donors (Lipinski definition) is 2. The molecule has 0 aromatic heterocycles. The van der Waals surface area contributed by atoms with Crippen LogP contribution in [0.4, 0.5) is 11.4 Å². The summed E-state index contributed by atoms with van der Waals surface area (Å²) in [5.74, 6) is -0.657. The number of nitrogens with one attached hydrogen (secondary N) is 2. The third kappa shape index (κ3) is 6.07. The average Bonchev–Trinajstić information content (AvgIpc) is 3.23. The van der Waals surface area contributed by atoms with Crippen LogP contribution in [0.2, 0.25) is 0 Å².